The van der Waals surface area contributed by atoms with Crippen molar-refractivity contribution in [3.05, 3.63) is 125 Å². The van der Waals surface area contributed by atoms with E-state index in [1.165, 1.54) is 5.56 Å². The fourth-order valence-electron chi connectivity index (χ4n) is 4.55. The highest BCUT2D eigenvalue weighted by atomic mass is 32.2. The summed E-state index contributed by atoms with van der Waals surface area (Å²) in [5, 5.41) is 5.49. The summed E-state index contributed by atoms with van der Waals surface area (Å²) < 4.78 is 35.5. The van der Waals surface area contributed by atoms with Crippen LogP contribution in [0.4, 0.5) is 0 Å². The van der Waals surface area contributed by atoms with Crippen molar-refractivity contribution >= 4 is 28.0 Å². The number of amides is 2. The van der Waals surface area contributed by atoms with Crippen LogP contribution in [0.15, 0.2) is 101 Å². The average molecular weight is 575 g/mol. The Labute approximate surface area is 240 Å². The summed E-state index contributed by atoms with van der Waals surface area (Å²) in [6, 6.07) is 18.4. The molecule has 1 aromatic heterocycles. The number of furan rings is 1. The summed E-state index contributed by atoms with van der Waals surface area (Å²) in [5.41, 5.74) is 4.31. The number of aryl methyl sites for hydroxylation is 1. The van der Waals surface area contributed by atoms with Crippen LogP contribution in [0.5, 0.6) is 0 Å². The van der Waals surface area contributed by atoms with Crippen LogP contribution in [0.1, 0.15) is 58.0 Å². The van der Waals surface area contributed by atoms with Gasteiger partial charge in [0.15, 0.2) is 0 Å². The Morgan fingerprint density at radius 3 is 2.39 bits per heavy atom. The van der Waals surface area contributed by atoms with Gasteiger partial charge in [-0.2, -0.15) is 8.42 Å². The zero-order valence-corrected chi connectivity index (χ0v) is 23.5. The van der Waals surface area contributed by atoms with Crippen molar-refractivity contribution < 1.29 is 27.0 Å². The largest absolute Gasteiger partial charge is 0.469 e. The first-order valence-electron chi connectivity index (χ1n) is 13.6. The highest BCUT2D eigenvalue weighted by molar-refractivity contribution is 7.85. The molecule has 0 saturated heterocycles. The molecule has 2 amide bonds. The van der Waals surface area contributed by atoms with Gasteiger partial charge < -0.3 is 15.1 Å². The lowest BCUT2D eigenvalue weighted by molar-refractivity contribution is -0.121. The molecule has 0 fully saturated rings. The molecule has 3 N–H and O–H groups in total. The summed E-state index contributed by atoms with van der Waals surface area (Å²) in [6.07, 6.45) is 16.3. The maximum absolute atomic E-state index is 13.1. The van der Waals surface area contributed by atoms with E-state index in [0.29, 0.717) is 12.0 Å². The Balaban J connectivity index is 0.000000360. The number of benzene rings is 2. The third-order valence-corrected chi connectivity index (χ3v) is 7.45. The van der Waals surface area contributed by atoms with Crippen molar-refractivity contribution in [2.45, 2.75) is 38.0 Å². The topological polar surface area (TPSA) is 126 Å². The van der Waals surface area contributed by atoms with Gasteiger partial charge in [0.05, 0.1) is 17.9 Å². The van der Waals surface area contributed by atoms with E-state index < -0.39 is 27.7 Å². The molecule has 214 valence electrons. The molecule has 1 unspecified atom stereocenters. The Morgan fingerprint density at radius 2 is 1.71 bits per heavy atom. The zero-order chi connectivity index (χ0) is 29.1. The van der Waals surface area contributed by atoms with Crippen molar-refractivity contribution in [3.8, 4) is 0 Å². The van der Waals surface area contributed by atoms with Crippen molar-refractivity contribution in [3.63, 3.8) is 0 Å². The predicted octanol–water partition coefficient (Wildman–Crippen LogP) is 5.22. The van der Waals surface area contributed by atoms with E-state index in [0.717, 1.165) is 48.3 Å². The summed E-state index contributed by atoms with van der Waals surface area (Å²) >= 11 is 0. The number of fused-ring (bicyclic) bond motifs is 1. The van der Waals surface area contributed by atoms with E-state index in [-0.39, 0.29) is 12.5 Å². The number of carbonyl (C=O) groups is 2. The van der Waals surface area contributed by atoms with E-state index >= 15 is 0 Å². The molecular formula is C32H34N2O6S. The summed E-state index contributed by atoms with van der Waals surface area (Å²) in [4.78, 5) is 25.2. The second kappa shape index (κ2) is 14.4. The smallest absolute Gasteiger partial charge is 0.266 e. The Kier molecular flexibility index (Phi) is 10.5. The normalized spacial score (nSPS) is 14.6. The first-order chi connectivity index (χ1) is 19.8. The third kappa shape index (κ3) is 9.44. The van der Waals surface area contributed by atoms with Gasteiger partial charge in [-0.15, -0.1) is 0 Å². The van der Waals surface area contributed by atoms with Gasteiger partial charge in [0.2, 0.25) is 5.91 Å². The van der Waals surface area contributed by atoms with Gasteiger partial charge in [-0.3, -0.25) is 14.1 Å². The molecule has 0 aliphatic heterocycles. The van der Waals surface area contributed by atoms with Crippen LogP contribution in [0.25, 0.3) is 6.08 Å². The summed E-state index contributed by atoms with van der Waals surface area (Å²) in [5.74, 6) is -0.314. The summed E-state index contributed by atoms with van der Waals surface area (Å²) in [7, 11) is -4.13. The molecule has 5 rings (SSSR count). The predicted molar refractivity (Wildman–Crippen MR) is 159 cm³/mol. The van der Waals surface area contributed by atoms with Crippen molar-refractivity contribution in [2.75, 3.05) is 12.3 Å². The maximum atomic E-state index is 13.1. The van der Waals surface area contributed by atoms with Crippen LogP contribution in [0.2, 0.25) is 0 Å². The van der Waals surface area contributed by atoms with Crippen molar-refractivity contribution in [2.24, 2.45) is 0 Å². The Bertz CT molecular complexity index is 1520. The van der Waals surface area contributed by atoms with E-state index in [4.69, 9.17) is 8.97 Å². The van der Waals surface area contributed by atoms with Crippen LogP contribution >= 0.6 is 0 Å². The molecule has 3 aromatic rings. The van der Waals surface area contributed by atoms with Crippen LogP contribution in [-0.2, 0) is 27.8 Å². The minimum atomic E-state index is -4.13. The average Bonchev–Trinajstić information content (AvgIpc) is 3.46. The Hall–Kier alpha value is -4.21. The molecule has 0 spiro atoms. The van der Waals surface area contributed by atoms with Crippen molar-refractivity contribution in [1.29, 1.82) is 0 Å². The fourth-order valence-corrected chi connectivity index (χ4v) is 4.91. The van der Waals surface area contributed by atoms with Crippen LogP contribution in [0.3, 0.4) is 0 Å². The molecule has 0 radical (unpaired) electrons. The lowest BCUT2D eigenvalue weighted by atomic mass is 9.90. The highest BCUT2D eigenvalue weighted by Gasteiger charge is 2.22. The van der Waals surface area contributed by atoms with Crippen LogP contribution in [0, 0.1) is 0 Å². The van der Waals surface area contributed by atoms with Gasteiger partial charge in [-0.25, -0.2) is 0 Å². The van der Waals surface area contributed by atoms with Crippen molar-refractivity contribution in [1.82, 2.24) is 10.6 Å². The van der Waals surface area contributed by atoms with E-state index in [1.54, 1.807) is 30.5 Å². The molecule has 0 bridgehead atoms. The van der Waals surface area contributed by atoms with E-state index in [1.807, 2.05) is 48.6 Å². The number of allylic oxidation sites excluding steroid dienone is 5. The zero-order valence-electron chi connectivity index (χ0n) is 22.7. The first kappa shape index (κ1) is 29.8. The molecule has 2 aliphatic rings. The SMILES string of the molecule is C1=Cc2ccoc2CC1.O=C(NCCS(=O)(=O)O)c1ccc(CC(C(=O)NC2=CC=CCC2)c2ccccc2)cc1. The highest BCUT2D eigenvalue weighted by Crippen LogP contribution is 2.23. The minimum absolute atomic E-state index is 0.0789. The third-order valence-electron chi connectivity index (χ3n) is 6.73. The number of carbonyl (C=O) groups excluding carboxylic acids is 2. The molecule has 9 heteroatoms. The monoisotopic (exact) mass is 574 g/mol. The lowest BCUT2D eigenvalue weighted by Crippen LogP contribution is -2.30. The van der Waals surface area contributed by atoms with Gasteiger partial charge in [0.1, 0.15) is 5.76 Å². The second-order valence-electron chi connectivity index (χ2n) is 9.79. The van der Waals surface area contributed by atoms with E-state index in [2.05, 4.69) is 28.9 Å². The minimum Gasteiger partial charge on any atom is -0.469 e. The van der Waals surface area contributed by atoms with Gasteiger partial charge in [0, 0.05) is 29.8 Å². The quantitative estimate of drug-likeness (QED) is 0.301. The lowest BCUT2D eigenvalue weighted by Gasteiger charge is -2.19. The standard InChI is InChI=1S/C24H26N2O5S.C8H8O/c27-23(25-15-16-32(29,30)31)20-13-11-18(12-14-20)17-22(19-7-3-1-4-8-19)24(28)26-21-9-5-2-6-10-21;1-2-4-8-7(3-1)5-6-9-8/h1-5,7-9,11-14,22H,6,10,15-17H2,(H,25,27)(H,26,28)(H,29,30,31);1,3,5-6H,2,4H2. The molecule has 41 heavy (non-hydrogen) atoms. The fraction of sp³-hybridized carbons (Fsp3) is 0.250. The van der Waals surface area contributed by atoms with Gasteiger partial charge in [-0.05, 0) is 61.1 Å². The number of nitrogens with one attached hydrogen (secondary N) is 2. The van der Waals surface area contributed by atoms with Crippen LogP contribution < -0.4 is 10.6 Å². The van der Waals surface area contributed by atoms with E-state index in [9.17, 15) is 18.0 Å². The molecule has 8 nitrogen and oxygen atoms in total. The molecular weight excluding hydrogens is 540 g/mol. The summed E-state index contributed by atoms with van der Waals surface area (Å²) in [6.45, 7) is -0.180. The van der Waals surface area contributed by atoms with Gasteiger partial charge >= 0.3 is 0 Å². The Morgan fingerprint density at radius 1 is 0.951 bits per heavy atom. The number of rotatable bonds is 9. The number of hydrogen-bond donors (Lipinski definition) is 3. The maximum Gasteiger partial charge on any atom is 0.266 e. The molecule has 1 heterocycles. The van der Waals surface area contributed by atoms with Gasteiger partial charge in [-0.1, -0.05) is 66.8 Å². The second-order valence-corrected chi connectivity index (χ2v) is 11.4. The molecule has 2 aromatic carbocycles. The number of hydrogen-bond acceptors (Lipinski definition) is 5. The molecule has 2 aliphatic carbocycles. The van der Waals surface area contributed by atoms with Gasteiger partial charge in [0.25, 0.3) is 16.0 Å². The van der Waals surface area contributed by atoms with Crippen LogP contribution in [-0.4, -0.2) is 37.1 Å². The molecule has 1 atom stereocenters. The molecule has 0 saturated carbocycles. The first-order valence-corrected chi connectivity index (χ1v) is 15.2.